The van der Waals surface area contributed by atoms with Crippen LogP contribution in [-0.4, -0.2) is 27.3 Å². The van der Waals surface area contributed by atoms with E-state index >= 15 is 0 Å². The van der Waals surface area contributed by atoms with Gasteiger partial charge in [-0.15, -0.1) is 0 Å². The van der Waals surface area contributed by atoms with Gasteiger partial charge in [0.15, 0.2) is 11.5 Å². The van der Waals surface area contributed by atoms with E-state index < -0.39 is 0 Å². The first-order chi connectivity index (χ1) is 11.5. The molecular formula is C20H22O4. The Morgan fingerprint density at radius 2 is 1.67 bits per heavy atom. The average Bonchev–Trinajstić information content (AvgIpc) is 2.60. The van der Waals surface area contributed by atoms with Crippen LogP contribution >= 0.6 is 0 Å². The van der Waals surface area contributed by atoms with Gasteiger partial charge in [-0.2, -0.15) is 0 Å². The van der Waals surface area contributed by atoms with Crippen molar-refractivity contribution in [2.75, 3.05) is 21.3 Å². The van der Waals surface area contributed by atoms with E-state index in [2.05, 4.69) is 0 Å². The van der Waals surface area contributed by atoms with Gasteiger partial charge in [0.1, 0.15) is 0 Å². The molecule has 4 heteroatoms. The number of hydrogen-bond donors (Lipinski definition) is 0. The van der Waals surface area contributed by atoms with Crippen LogP contribution in [0.15, 0.2) is 42.5 Å². The Hall–Kier alpha value is -2.75. The van der Waals surface area contributed by atoms with E-state index in [1.54, 1.807) is 14.2 Å². The second kappa shape index (κ2) is 7.68. The fraction of sp³-hybridized carbons (Fsp3) is 0.250. The molecule has 0 atom stereocenters. The van der Waals surface area contributed by atoms with Crippen molar-refractivity contribution in [1.82, 2.24) is 0 Å². The molecule has 0 unspecified atom stereocenters. The lowest BCUT2D eigenvalue weighted by Crippen LogP contribution is -1.98. The number of benzene rings is 2. The standard InChI is InChI=1S/C20H22O4/c1-13-6-8-15(9-7-13)17-11-16(14(2)10-19(21)23-4)12-18(22-3)20(17)24-5/h6-12H,1-5H3/b14-10+. The Morgan fingerprint density at radius 1 is 1.00 bits per heavy atom. The Labute approximate surface area is 142 Å². The lowest BCUT2D eigenvalue weighted by atomic mass is 9.97. The zero-order chi connectivity index (χ0) is 17.7. The molecule has 0 aliphatic rings. The van der Waals surface area contributed by atoms with Gasteiger partial charge in [-0.1, -0.05) is 29.8 Å². The van der Waals surface area contributed by atoms with E-state index in [1.165, 1.54) is 18.7 Å². The first kappa shape index (κ1) is 17.6. The minimum Gasteiger partial charge on any atom is -0.493 e. The van der Waals surface area contributed by atoms with Crippen LogP contribution in [0.2, 0.25) is 0 Å². The maximum absolute atomic E-state index is 11.5. The molecular weight excluding hydrogens is 304 g/mol. The monoisotopic (exact) mass is 326 g/mol. The molecule has 0 aliphatic heterocycles. The van der Waals surface area contributed by atoms with Crippen molar-refractivity contribution >= 4 is 11.5 Å². The molecule has 0 aliphatic carbocycles. The van der Waals surface area contributed by atoms with Crippen molar-refractivity contribution in [3.8, 4) is 22.6 Å². The molecule has 0 radical (unpaired) electrons. The van der Waals surface area contributed by atoms with Gasteiger partial charge in [0.2, 0.25) is 0 Å². The molecule has 0 bridgehead atoms. The van der Waals surface area contributed by atoms with E-state index in [9.17, 15) is 4.79 Å². The third kappa shape index (κ3) is 3.77. The van der Waals surface area contributed by atoms with Gasteiger partial charge in [-0.25, -0.2) is 4.79 Å². The van der Waals surface area contributed by atoms with Crippen LogP contribution in [0.25, 0.3) is 16.7 Å². The molecule has 2 rings (SSSR count). The SMILES string of the molecule is COC(=O)/C=C(\C)c1cc(OC)c(OC)c(-c2ccc(C)cc2)c1. The summed E-state index contributed by atoms with van der Waals surface area (Å²) >= 11 is 0. The molecule has 0 amide bonds. The van der Waals surface area contributed by atoms with Crippen LogP contribution in [0.3, 0.4) is 0 Å². The fourth-order valence-corrected chi connectivity index (χ4v) is 2.46. The molecule has 126 valence electrons. The van der Waals surface area contributed by atoms with Crippen LogP contribution in [0, 0.1) is 6.92 Å². The molecule has 2 aromatic rings. The third-order valence-electron chi connectivity index (χ3n) is 3.83. The maximum atomic E-state index is 11.5. The van der Waals surface area contributed by atoms with Crippen LogP contribution < -0.4 is 9.47 Å². The summed E-state index contributed by atoms with van der Waals surface area (Å²) in [5.74, 6) is 0.887. The molecule has 0 N–H and O–H groups in total. The van der Waals surface area contributed by atoms with Gasteiger partial charge < -0.3 is 14.2 Å². The summed E-state index contributed by atoms with van der Waals surface area (Å²) in [6.45, 7) is 3.90. The second-order valence-electron chi connectivity index (χ2n) is 5.48. The van der Waals surface area contributed by atoms with Gasteiger partial charge in [-0.3, -0.25) is 0 Å². The molecule has 24 heavy (non-hydrogen) atoms. The first-order valence-electron chi connectivity index (χ1n) is 7.59. The summed E-state index contributed by atoms with van der Waals surface area (Å²) in [6.07, 6.45) is 1.46. The normalized spacial score (nSPS) is 11.1. The van der Waals surface area contributed by atoms with Crippen molar-refractivity contribution in [2.24, 2.45) is 0 Å². The van der Waals surface area contributed by atoms with E-state index in [1.807, 2.05) is 50.2 Å². The van der Waals surface area contributed by atoms with Crippen molar-refractivity contribution in [2.45, 2.75) is 13.8 Å². The zero-order valence-electron chi connectivity index (χ0n) is 14.7. The number of carbonyl (C=O) groups excluding carboxylic acids is 1. The van der Waals surface area contributed by atoms with E-state index in [0.717, 1.165) is 22.3 Å². The largest absolute Gasteiger partial charge is 0.493 e. The highest BCUT2D eigenvalue weighted by molar-refractivity contribution is 5.92. The first-order valence-corrected chi connectivity index (χ1v) is 7.59. The predicted molar refractivity (Wildman–Crippen MR) is 95.4 cm³/mol. The highest BCUT2D eigenvalue weighted by atomic mass is 16.5. The minimum absolute atomic E-state index is 0.390. The molecule has 0 spiro atoms. The second-order valence-corrected chi connectivity index (χ2v) is 5.48. The summed E-state index contributed by atoms with van der Waals surface area (Å²) in [5.41, 5.74) is 4.76. The van der Waals surface area contributed by atoms with E-state index in [0.29, 0.717) is 11.5 Å². The minimum atomic E-state index is -0.390. The van der Waals surface area contributed by atoms with Crippen LogP contribution in [0.4, 0.5) is 0 Å². The van der Waals surface area contributed by atoms with Crippen molar-refractivity contribution in [1.29, 1.82) is 0 Å². The number of carbonyl (C=O) groups is 1. The third-order valence-corrected chi connectivity index (χ3v) is 3.83. The number of allylic oxidation sites excluding steroid dienone is 1. The Bertz CT molecular complexity index is 758. The zero-order valence-corrected chi connectivity index (χ0v) is 14.7. The molecule has 0 fully saturated rings. The molecule has 2 aromatic carbocycles. The van der Waals surface area contributed by atoms with Crippen molar-refractivity contribution in [3.63, 3.8) is 0 Å². The topological polar surface area (TPSA) is 44.8 Å². The molecule has 0 heterocycles. The van der Waals surface area contributed by atoms with Crippen molar-refractivity contribution in [3.05, 3.63) is 53.6 Å². The Morgan fingerprint density at radius 3 is 2.21 bits per heavy atom. The van der Waals surface area contributed by atoms with Gasteiger partial charge >= 0.3 is 5.97 Å². The lowest BCUT2D eigenvalue weighted by Gasteiger charge is -2.16. The number of aryl methyl sites for hydroxylation is 1. The lowest BCUT2D eigenvalue weighted by molar-refractivity contribution is -0.134. The van der Waals surface area contributed by atoms with Crippen LogP contribution in [0.5, 0.6) is 11.5 Å². The quantitative estimate of drug-likeness (QED) is 0.608. The Balaban J connectivity index is 2.64. The average molecular weight is 326 g/mol. The highest BCUT2D eigenvalue weighted by Crippen LogP contribution is 2.40. The van der Waals surface area contributed by atoms with Crippen LogP contribution in [-0.2, 0) is 9.53 Å². The number of hydrogen-bond acceptors (Lipinski definition) is 4. The van der Waals surface area contributed by atoms with Crippen molar-refractivity contribution < 1.29 is 19.0 Å². The predicted octanol–water partition coefficient (Wildman–Crippen LogP) is 4.26. The highest BCUT2D eigenvalue weighted by Gasteiger charge is 2.15. The molecule has 0 saturated heterocycles. The van der Waals surface area contributed by atoms with Gasteiger partial charge in [-0.05, 0) is 42.7 Å². The maximum Gasteiger partial charge on any atom is 0.330 e. The van der Waals surface area contributed by atoms with Gasteiger partial charge in [0, 0.05) is 11.6 Å². The number of rotatable bonds is 5. The van der Waals surface area contributed by atoms with E-state index in [4.69, 9.17) is 14.2 Å². The number of ether oxygens (including phenoxy) is 3. The van der Waals surface area contributed by atoms with Gasteiger partial charge in [0.25, 0.3) is 0 Å². The Kier molecular flexibility index (Phi) is 5.64. The molecule has 0 saturated carbocycles. The van der Waals surface area contributed by atoms with Gasteiger partial charge in [0.05, 0.1) is 21.3 Å². The molecule has 0 aromatic heterocycles. The summed E-state index contributed by atoms with van der Waals surface area (Å²) < 4.78 is 15.7. The number of methoxy groups -OCH3 is 3. The summed E-state index contributed by atoms with van der Waals surface area (Å²) in [6, 6.07) is 12.0. The van der Waals surface area contributed by atoms with E-state index in [-0.39, 0.29) is 5.97 Å². The fourth-order valence-electron chi connectivity index (χ4n) is 2.46. The van der Waals surface area contributed by atoms with Crippen LogP contribution in [0.1, 0.15) is 18.1 Å². The number of esters is 1. The summed E-state index contributed by atoms with van der Waals surface area (Å²) in [4.78, 5) is 11.5. The molecule has 4 nitrogen and oxygen atoms in total. The summed E-state index contributed by atoms with van der Waals surface area (Å²) in [7, 11) is 4.57. The summed E-state index contributed by atoms with van der Waals surface area (Å²) in [5, 5.41) is 0. The smallest absolute Gasteiger partial charge is 0.330 e.